The van der Waals surface area contributed by atoms with Crippen LogP contribution in [0, 0.1) is 5.92 Å². The Labute approximate surface area is 70.8 Å². The molecule has 1 aromatic rings. The highest BCUT2D eigenvalue weighted by Gasteiger charge is 2.11. The van der Waals surface area contributed by atoms with Crippen LogP contribution in [0.2, 0.25) is 0 Å². The highest BCUT2D eigenvalue weighted by Crippen LogP contribution is 2.06. The van der Waals surface area contributed by atoms with Gasteiger partial charge in [0.1, 0.15) is 0 Å². The van der Waals surface area contributed by atoms with Gasteiger partial charge in [-0.2, -0.15) is 0 Å². The molecule has 0 saturated carbocycles. The highest BCUT2D eigenvalue weighted by atomic mass is 16.1. The minimum Gasteiger partial charge on any atom is -0.350 e. The number of H-pyrrole nitrogens is 1. The van der Waals surface area contributed by atoms with E-state index in [2.05, 4.69) is 4.98 Å². The Hall–Kier alpha value is -1.38. The predicted octanol–water partition coefficient (Wildman–Crippen LogP) is 1.67. The van der Waals surface area contributed by atoms with E-state index in [9.17, 15) is 9.59 Å². The molecule has 0 radical (unpaired) electrons. The molecular weight excluding hydrogens is 154 g/mol. The van der Waals surface area contributed by atoms with Crippen molar-refractivity contribution in [3.05, 3.63) is 23.5 Å². The minimum absolute atomic E-state index is 0.0306. The number of aromatic amines is 1. The Bertz CT molecular complexity index is 299. The molecule has 0 amide bonds. The largest absolute Gasteiger partial charge is 0.350 e. The van der Waals surface area contributed by atoms with E-state index in [-0.39, 0.29) is 11.7 Å². The quantitative estimate of drug-likeness (QED) is 0.547. The molecule has 3 heteroatoms. The normalized spacial score (nSPS) is 10.2. The number of hydrogen-bond donors (Lipinski definition) is 1. The van der Waals surface area contributed by atoms with Crippen molar-refractivity contribution in [2.45, 2.75) is 13.8 Å². The molecule has 1 aromatic heterocycles. The Balaban J connectivity index is 2.89. The van der Waals surface area contributed by atoms with Crippen molar-refractivity contribution >= 4 is 12.1 Å². The van der Waals surface area contributed by atoms with E-state index >= 15 is 0 Å². The molecule has 0 spiro atoms. The number of aromatic nitrogens is 1. The molecule has 0 unspecified atom stereocenters. The van der Waals surface area contributed by atoms with Gasteiger partial charge in [-0.05, 0) is 12.1 Å². The van der Waals surface area contributed by atoms with Crippen molar-refractivity contribution in [1.82, 2.24) is 4.98 Å². The van der Waals surface area contributed by atoms with Crippen LogP contribution in [0.5, 0.6) is 0 Å². The molecule has 0 aliphatic carbocycles. The Morgan fingerprint density at radius 2 is 2.17 bits per heavy atom. The lowest BCUT2D eigenvalue weighted by atomic mass is 10.1. The van der Waals surface area contributed by atoms with Crippen LogP contribution in [0.25, 0.3) is 0 Å². The van der Waals surface area contributed by atoms with Crippen LogP contribution >= 0.6 is 0 Å². The van der Waals surface area contributed by atoms with Gasteiger partial charge in [0.05, 0.1) is 11.4 Å². The van der Waals surface area contributed by atoms with Crippen molar-refractivity contribution in [2.24, 2.45) is 5.92 Å². The standard InChI is InChI=1S/C9H11NO2/c1-6(2)9(12)8-4-3-7(5-11)10-8/h3-6,10H,1-2H3. The second-order valence-corrected chi connectivity index (χ2v) is 2.96. The van der Waals surface area contributed by atoms with Crippen LogP contribution in [0.1, 0.15) is 34.8 Å². The minimum atomic E-state index is -0.0387. The van der Waals surface area contributed by atoms with Crippen molar-refractivity contribution in [3.8, 4) is 0 Å². The van der Waals surface area contributed by atoms with E-state index in [4.69, 9.17) is 0 Å². The second kappa shape index (κ2) is 3.34. The first kappa shape index (κ1) is 8.71. The Kier molecular flexibility index (Phi) is 2.43. The van der Waals surface area contributed by atoms with Gasteiger partial charge in [-0.3, -0.25) is 9.59 Å². The Morgan fingerprint density at radius 3 is 2.58 bits per heavy atom. The van der Waals surface area contributed by atoms with E-state index in [1.807, 2.05) is 13.8 Å². The van der Waals surface area contributed by atoms with E-state index in [1.54, 1.807) is 12.1 Å². The topological polar surface area (TPSA) is 49.9 Å². The maximum atomic E-state index is 11.3. The van der Waals surface area contributed by atoms with E-state index in [0.29, 0.717) is 17.7 Å². The van der Waals surface area contributed by atoms with Gasteiger partial charge in [-0.1, -0.05) is 13.8 Å². The van der Waals surface area contributed by atoms with E-state index < -0.39 is 0 Å². The molecule has 1 rings (SSSR count). The fourth-order valence-corrected chi connectivity index (χ4v) is 0.935. The SMILES string of the molecule is CC(C)C(=O)c1ccc(C=O)[nH]1. The number of rotatable bonds is 3. The third-order valence-corrected chi connectivity index (χ3v) is 1.63. The average molecular weight is 165 g/mol. The molecule has 0 bridgehead atoms. The zero-order valence-electron chi connectivity index (χ0n) is 7.13. The van der Waals surface area contributed by atoms with Crippen LogP contribution < -0.4 is 0 Å². The summed E-state index contributed by atoms with van der Waals surface area (Å²) in [5, 5.41) is 0. The fraction of sp³-hybridized carbons (Fsp3) is 0.333. The number of hydrogen-bond acceptors (Lipinski definition) is 2. The number of ketones is 1. The fourth-order valence-electron chi connectivity index (χ4n) is 0.935. The van der Waals surface area contributed by atoms with Gasteiger partial charge in [0, 0.05) is 5.92 Å². The summed E-state index contributed by atoms with van der Waals surface area (Å²) in [4.78, 5) is 24.3. The highest BCUT2D eigenvalue weighted by molar-refractivity contribution is 5.96. The maximum Gasteiger partial charge on any atom is 0.181 e. The molecular formula is C9H11NO2. The number of carbonyl (C=O) groups excluding carboxylic acids is 2. The van der Waals surface area contributed by atoms with E-state index in [0.717, 1.165) is 0 Å². The molecule has 0 atom stereocenters. The molecule has 0 saturated heterocycles. The molecule has 12 heavy (non-hydrogen) atoms. The van der Waals surface area contributed by atoms with Gasteiger partial charge in [0.2, 0.25) is 0 Å². The second-order valence-electron chi connectivity index (χ2n) is 2.96. The molecule has 0 aliphatic rings. The lowest BCUT2D eigenvalue weighted by Gasteiger charge is -1.99. The van der Waals surface area contributed by atoms with Gasteiger partial charge >= 0.3 is 0 Å². The van der Waals surface area contributed by atoms with Crippen LogP contribution in [0.15, 0.2) is 12.1 Å². The molecule has 0 aliphatic heterocycles. The first-order valence-electron chi connectivity index (χ1n) is 3.83. The molecule has 0 aromatic carbocycles. The number of carbonyl (C=O) groups is 2. The van der Waals surface area contributed by atoms with Crippen LogP contribution in [-0.2, 0) is 0 Å². The maximum absolute atomic E-state index is 11.3. The monoisotopic (exact) mass is 165 g/mol. The lowest BCUT2D eigenvalue weighted by Crippen LogP contribution is -2.07. The number of nitrogens with one attached hydrogen (secondary N) is 1. The first-order chi connectivity index (χ1) is 5.65. The van der Waals surface area contributed by atoms with Crippen LogP contribution in [0.4, 0.5) is 0 Å². The number of Topliss-reactive ketones (excluding diaryl/α,β-unsaturated/α-hetero) is 1. The summed E-state index contributed by atoms with van der Waals surface area (Å²) in [6.07, 6.45) is 0.692. The van der Waals surface area contributed by atoms with Gasteiger partial charge < -0.3 is 4.98 Å². The molecule has 64 valence electrons. The van der Waals surface area contributed by atoms with Gasteiger partial charge in [0.15, 0.2) is 12.1 Å². The third kappa shape index (κ3) is 1.61. The summed E-state index contributed by atoms with van der Waals surface area (Å²) >= 11 is 0. The summed E-state index contributed by atoms with van der Waals surface area (Å²) in [5.74, 6) is -0.00810. The van der Waals surface area contributed by atoms with Crippen molar-refractivity contribution in [2.75, 3.05) is 0 Å². The molecule has 0 fully saturated rings. The van der Waals surface area contributed by atoms with Crippen molar-refractivity contribution < 1.29 is 9.59 Å². The van der Waals surface area contributed by atoms with Gasteiger partial charge in [-0.25, -0.2) is 0 Å². The lowest BCUT2D eigenvalue weighted by molar-refractivity contribution is 0.0935. The average Bonchev–Trinajstić information content (AvgIpc) is 2.50. The zero-order valence-corrected chi connectivity index (χ0v) is 7.13. The van der Waals surface area contributed by atoms with Crippen LogP contribution in [0.3, 0.4) is 0 Å². The van der Waals surface area contributed by atoms with Gasteiger partial charge in [-0.15, -0.1) is 0 Å². The summed E-state index contributed by atoms with van der Waals surface area (Å²) < 4.78 is 0. The van der Waals surface area contributed by atoms with E-state index in [1.165, 1.54) is 0 Å². The van der Waals surface area contributed by atoms with Crippen LogP contribution in [-0.4, -0.2) is 17.1 Å². The number of aldehydes is 1. The summed E-state index contributed by atoms with van der Waals surface area (Å²) in [6.45, 7) is 3.65. The summed E-state index contributed by atoms with van der Waals surface area (Å²) in [7, 11) is 0. The van der Waals surface area contributed by atoms with Crippen molar-refractivity contribution in [3.63, 3.8) is 0 Å². The summed E-state index contributed by atoms with van der Waals surface area (Å²) in [6, 6.07) is 3.23. The molecule has 1 N–H and O–H groups in total. The van der Waals surface area contributed by atoms with Gasteiger partial charge in [0.25, 0.3) is 0 Å². The first-order valence-corrected chi connectivity index (χ1v) is 3.83. The smallest absolute Gasteiger partial charge is 0.181 e. The third-order valence-electron chi connectivity index (χ3n) is 1.63. The summed E-state index contributed by atoms with van der Waals surface area (Å²) in [5.41, 5.74) is 0.950. The predicted molar refractivity (Wildman–Crippen MR) is 45.3 cm³/mol. The Morgan fingerprint density at radius 1 is 1.50 bits per heavy atom. The molecule has 1 heterocycles. The molecule has 3 nitrogen and oxygen atoms in total. The van der Waals surface area contributed by atoms with Crippen molar-refractivity contribution in [1.29, 1.82) is 0 Å². The zero-order chi connectivity index (χ0) is 9.14.